The summed E-state index contributed by atoms with van der Waals surface area (Å²) in [7, 11) is 0. The van der Waals surface area contributed by atoms with Crippen LogP contribution in [0.4, 0.5) is 4.39 Å². The molecular formula is C15H15FN2O. The van der Waals surface area contributed by atoms with Gasteiger partial charge in [0.15, 0.2) is 11.6 Å². The van der Waals surface area contributed by atoms with Crippen molar-refractivity contribution in [1.29, 1.82) is 0 Å². The van der Waals surface area contributed by atoms with Gasteiger partial charge in [0.05, 0.1) is 12.0 Å². The van der Waals surface area contributed by atoms with Gasteiger partial charge in [-0.1, -0.05) is 6.07 Å². The van der Waals surface area contributed by atoms with Crippen LogP contribution in [0.2, 0.25) is 0 Å². The van der Waals surface area contributed by atoms with Gasteiger partial charge in [-0.3, -0.25) is 4.79 Å². The Kier molecular flexibility index (Phi) is 3.60. The quantitative estimate of drug-likeness (QED) is 0.791. The monoisotopic (exact) mass is 258 g/mol. The third kappa shape index (κ3) is 2.96. The van der Waals surface area contributed by atoms with Crippen LogP contribution in [0.15, 0.2) is 36.6 Å². The van der Waals surface area contributed by atoms with Gasteiger partial charge in [0.1, 0.15) is 0 Å². The zero-order valence-electron chi connectivity index (χ0n) is 11.1. The van der Waals surface area contributed by atoms with E-state index in [1.807, 2.05) is 36.7 Å². The predicted molar refractivity (Wildman–Crippen MR) is 72.8 cm³/mol. The lowest BCUT2D eigenvalue weighted by Crippen LogP contribution is -1.95. The number of imidazole rings is 1. The molecule has 19 heavy (non-hydrogen) atoms. The van der Waals surface area contributed by atoms with E-state index in [0.29, 0.717) is 5.56 Å². The van der Waals surface area contributed by atoms with E-state index in [1.165, 1.54) is 13.0 Å². The zero-order chi connectivity index (χ0) is 14.0. The number of rotatable bonds is 3. The molecule has 98 valence electrons. The molecule has 1 aromatic heterocycles. The standard InChI is InChI=1S/C15H15FN2O/c1-10-6-13(7-14(16)12(3)19)4-5-15(10)18-8-11(2)17-9-18/h4-9H,1-3H3/b14-7-. The van der Waals surface area contributed by atoms with Crippen LogP contribution in [0, 0.1) is 13.8 Å². The normalized spacial score (nSPS) is 11.7. The van der Waals surface area contributed by atoms with Crippen molar-refractivity contribution in [2.45, 2.75) is 20.8 Å². The average Bonchev–Trinajstić information content (AvgIpc) is 2.75. The van der Waals surface area contributed by atoms with Gasteiger partial charge in [-0.2, -0.15) is 0 Å². The summed E-state index contributed by atoms with van der Waals surface area (Å²) in [5.41, 5.74) is 3.58. The van der Waals surface area contributed by atoms with Crippen molar-refractivity contribution in [3.8, 4) is 5.69 Å². The first kappa shape index (κ1) is 13.2. The molecule has 0 saturated heterocycles. The van der Waals surface area contributed by atoms with Crippen LogP contribution in [-0.4, -0.2) is 15.3 Å². The molecule has 0 radical (unpaired) electrons. The minimum Gasteiger partial charge on any atom is -0.306 e. The van der Waals surface area contributed by atoms with Gasteiger partial charge >= 0.3 is 0 Å². The second-order valence-electron chi connectivity index (χ2n) is 4.52. The number of aromatic nitrogens is 2. The fourth-order valence-corrected chi connectivity index (χ4v) is 1.86. The average molecular weight is 258 g/mol. The Hall–Kier alpha value is -2.23. The van der Waals surface area contributed by atoms with Crippen LogP contribution in [0.5, 0.6) is 0 Å². The second-order valence-corrected chi connectivity index (χ2v) is 4.52. The van der Waals surface area contributed by atoms with Crippen molar-refractivity contribution >= 4 is 11.9 Å². The number of halogens is 1. The van der Waals surface area contributed by atoms with Crippen molar-refractivity contribution in [3.63, 3.8) is 0 Å². The highest BCUT2D eigenvalue weighted by atomic mass is 19.1. The molecule has 4 heteroatoms. The summed E-state index contributed by atoms with van der Waals surface area (Å²) in [5, 5.41) is 0. The minimum atomic E-state index is -0.731. The second kappa shape index (κ2) is 5.18. The van der Waals surface area contributed by atoms with Gasteiger partial charge < -0.3 is 4.57 Å². The maximum absolute atomic E-state index is 13.3. The topological polar surface area (TPSA) is 34.9 Å². The molecule has 3 nitrogen and oxygen atoms in total. The number of allylic oxidation sites excluding steroid dienone is 1. The molecule has 0 aliphatic carbocycles. The predicted octanol–water partition coefficient (Wildman–Crippen LogP) is 3.39. The van der Waals surface area contributed by atoms with Gasteiger partial charge in [-0.15, -0.1) is 0 Å². The first-order valence-corrected chi connectivity index (χ1v) is 5.97. The molecule has 0 spiro atoms. The first-order valence-electron chi connectivity index (χ1n) is 5.97. The summed E-state index contributed by atoms with van der Waals surface area (Å²) in [5.74, 6) is -1.29. The van der Waals surface area contributed by atoms with Crippen LogP contribution in [0.3, 0.4) is 0 Å². The Labute approximate surface area is 111 Å². The number of carbonyl (C=O) groups excluding carboxylic acids is 1. The number of carbonyl (C=O) groups is 1. The van der Waals surface area contributed by atoms with Crippen LogP contribution in [0.25, 0.3) is 11.8 Å². The third-order valence-electron chi connectivity index (χ3n) is 2.84. The molecule has 1 aromatic carbocycles. The van der Waals surface area contributed by atoms with Crippen molar-refractivity contribution in [2.75, 3.05) is 0 Å². The molecule has 0 aliphatic rings. The van der Waals surface area contributed by atoms with Gasteiger partial charge in [0.2, 0.25) is 0 Å². The number of aryl methyl sites for hydroxylation is 2. The van der Waals surface area contributed by atoms with Crippen molar-refractivity contribution in [2.24, 2.45) is 0 Å². The summed E-state index contributed by atoms with van der Waals surface area (Å²) in [6.45, 7) is 5.07. The molecule has 0 unspecified atom stereocenters. The van der Waals surface area contributed by atoms with Gasteiger partial charge in [-0.05, 0) is 43.2 Å². The summed E-state index contributed by atoms with van der Waals surface area (Å²) >= 11 is 0. The molecule has 0 atom stereocenters. The smallest absolute Gasteiger partial charge is 0.188 e. The lowest BCUT2D eigenvalue weighted by molar-refractivity contribution is -0.114. The molecule has 0 aliphatic heterocycles. The van der Waals surface area contributed by atoms with Crippen molar-refractivity contribution < 1.29 is 9.18 Å². The highest BCUT2D eigenvalue weighted by molar-refractivity contribution is 5.95. The number of benzene rings is 1. The third-order valence-corrected chi connectivity index (χ3v) is 2.84. The Morgan fingerprint density at radius 1 is 1.37 bits per heavy atom. The van der Waals surface area contributed by atoms with E-state index in [4.69, 9.17) is 0 Å². The first-order chi connectivity index (χ1) is 8.97. The summed E-state index contributed by atoms with van der Waals surface area (Å²) < 4.78 is 15.2. The maximum Gasteiger partial charge on any atom is 0.188 e. The van der Waals surface area contributed by atoms with Crippen LogP contribution < -0.4 is 0 Å². The Morgan fingerprint density at radius 2 is 2.11 bits per heavy atom. The number of hydrogen-bond donors (Lipinski definition) is 0. The highest BCUT2D eigenvalue weighted by Gasteiger charge is 2.05. The summed E-state index contributed by atoms with van der Waals surface area (Å²) in [4.78, 5) is 15.0. The van der Waals surface area contributed by atoms with Gasteiger partial charge in [0, 0.05) is 18.8 Å². The number of Topliss-reactive ketones (excluding diaryl/α,β-unsaturated/α-hetero) is 1. The highest BCUT2D eigenvalue weighted by Crippen LogP contribution is 2.18. The molecule has 2 aromatic rings. The zero-order valence-corrected chi connectivity index (χ0v) is 11.1. The van der Waals surface area contributed by atoms with Crippen LogP contribution >= 0.6 is 0 Å². The Bertz CT molecular complexity index is 656. The largest absolute Gasteiger partial charge is 0.306 e. The summed E-state index contributed by atoms with van der Waals surface area (Å²) in [6, 6.07) is 5.50. The molecular weight excluding hydrogens is 243 g/mol. The van der Waals surface area contributed by atoms with E-state index >= 15 is 0 Å². The Morgan fingerprint density at radius 3 is 2.63 bits per heavy atom. The molecule has 0 fully saturated rings. The fraction of sp³-hybridized carbons (Fsp3) is 0.200. The molecule has 0 saturated carbocycles. The molecule has 0 amide bonds. The van der Waals surface area contributed by atoms with E-state index in [-0.39, 0.29) is 0 Å². The maximum atomic E-state index is 13.3. The van der Waals surface area contributed by atoms with E-state index in [9.17, 15) is 9.18 Å². The molecule has 0 N–H and O–H groups in total. The number of nitrogens with zero attached hydrogens (tertiary/aromatic N) is 2. The minimum absolute atomic E-state index is 0.563. The lowest BCUT2D eigenvalue weighted by Gasteiger charge is -2.07. The number of ketones is 1. The van der Waals surface area contributed by atoms with E-state index in [2.05, 4.69) is 4.98 Å². The van der Waals surface area contributed by atoms with E-state index in [1.54, 1.807) is 12.4 Å². The number of hydrogen-bond acceptors (Lipinski definition) is 2. The molecule has 1 heterocycles. The van der Waals surface area contributed by atoms with Crippen molar-refractivity contribution in [1.82, 2.24) is 9.55 Å². The van der Waals surface area contributed by atoms with E-state index in [0.717, 1.165) is 16.9 Å². The Balaban J connectivity index is 2.37. The summed E-state index contributed by atoms with van der Waals surface area (Å²) in [6.07, 6.45) is 4.91. The molecule has 0 bridgehead atoms. The van der Waals surface area contributed by atoms with Crippen molar-refractivity contribution in [3.05, 3.63) is 53.4 Å². The van der Waals surface area contributed by atoms with Crippen LogP contribution in [-0.2, 0) is 4.79 Å². The van der Waals surface area contributed by atoms with Crippen LogP contribution in [0.1, 0.15) is 23.7 Å². The lowest BCUT2D eigenvalue weighted by atomic mass is 10.1. The van der Waals surface area contributed by atoms with E-state index < -0.39 is 11.6 Å². The SMILES string of the molecule is CC(=O)/C(F)=C/c1ccc(-n2cnc(C)c2)c(C)c1. The van der Waals surface area contributed by atoms with Gasteiger partial charge in [0.25, 0.3) is 0 Å². The fourth-order valence-electron chi connectivity index (χ4n) is 1.86. The molecule has 2 rings (SSSR count). The van der Waals surface area contributed by atoms with Gasteiger partial charge in [-0.25, -0.2) is 9.37 Å².